The van der Waals surface area contributed by atoms with E-state index in [2.05, 4.69) is 5.32 Å². The Morgan fingerprint density at radius 2 is 1.88 bits per heavy atom. The van der Waals surface area contributed by atoms with Gasteiger partial charge < -0.3 is 15.5 Å². The van der Waals surface area contributed by atoms with E-state index < -0.39 is 23.8 Å². The SMILES string of the molecule is CC(C(=O)O)C(=O)Nc1cccc(C(=O)O)c1. The van der Waals surface area contributed by atoms with E-state index >= 15 is 0 Å². The average Bonchev–Trinajstić information content (AvgIpc) is 2.28. The number of rotatable bonds is 4. The second-order valence-electron chi connectivity index (χ2n) is 3.44. The molecule has 1 amide bonds. The number of anilines is 1. The minimum atomic E-state index is -1.24. The molecule has 0 bridgehead atoms. The third kappa shape index (κ3) is 3.30. The smallest absolute Gasteiger partial charge is 0.335 e. The van der Waals surface area contributed by atoms with Crippen molar-refractivity contribution < 1.29 is 24.6 Å². The molecule has 0 fully saturated rings. The van der Waals surface area contributed by atoms with Gasteiger partial charge in [-0.05, 0) is 25.1 Å². The van der Waals surface area contributed by atoms with Crippen LogP contribution in [0.2, 0.25) is 0 Å². The van der Waals surface area contributed by atoms with Gasteiger partial charge in [-0.15, -0.1) is 0 Å². The van der Waals surface area contributed by atoms with Gasteiger partial charge in [0.15, 0.2) is 0 Å². The summed E-state index contributed by atoms with van der Waals surface area (Å²) in [5.41, 5.74) is 0.272. The van der Waals surface area contributed by atoms with Crippen LogP contribution in [-0.4, -0.2) is 28.1 Å². The van der Waals surface area contributed by atoms with Crippen LogP contribution in [-0.2, 0) is 9.59 Å². The van der Waals surface area contributed by atoms with Crippen LogP contribution in [0.15, 0.2) is 24.3 Å². The van der Waals surface area contributed by atoms with E-state index in [-0.39, 0.29) is 11.3 Å². The van der Waals surface area contributed by atoms with E-state index in [1.807, 2.05) is 0 Å². The Kier molecular flexibility index (Phi) is 3.82. The molecule has 0 saturated carbocycles. The molecule has 6 heteroatoms. The first-order chi connectivity index (χ1) is 7.91. The Labute approximate surface area is 96.9 Å². The van der Waals surface area contributed by atoms with E-state index in [1.165, 1.54) is 31.2 Å². The molecule has 0 spiro atoms. The normalized spacial score (nSPS) is 11.6. The molecule has 1 atom stereocenters. The Morgan fingerprint density at radius 1 is 1.24 bits per heavy atom. The number of aromatic carboxylic acids is 1. The summed E-state index contributed by atoms with van der Waals surface area (Å²) in [5.74, 6) is -4.24. The molecule has 1 aromatic carbocycles. The van der Waals surface area contributed by atoms with Gasteiger partial charge in [0.25, 0.3) is 0 Å². The Hall–Kier alpha value is -2.37. The van der Waals surface area contributed by atoms with Crippen molar-refractivity contribution in [2.24, 2.45) is 5.92 Å². The number of amides is 1. The number of carbonyl (C=O) groups is 3. The average molecular weight is 237 g/mol. The van der Waals surface area contributed by atoms with Crippen LogP contribution in [0.4, 0.5) is 5.69 Å². The maximum Gasteiger partial charge on any atom is 0.335 e. The van der Waals surface area contributed by atoms with Crippen molar-refractivity contribution in [2.45, 2.75) is 6.92 Å². The number of carboxylic acid groups (broad SMARTS) is 2. The lowest BCUT2D eigenvalue weighted by molar-refractivity contribution is -0.144. The molecule has 0 aliphatic heterocycles. The summed E-state index contributed by atoms with van der Waals surface area (Å²) < 4.78 is 0. The third-order valence-corrected chi connectivity index (χ3v) is 2.14. The second-order valence-corrected chi connectivity index (χ2v) is 3.44. The zero-order valence-electron chi connectivity index (χ0n) is 9.01. The van der Waals surface area contributed by atoms with Gasteiger partial charge in [0, 0.05) is 5.69 Å². The topological polar surface area (TPSA) is 104 Å². The Bertz CT molecular complexity index is 469. The maximum absolute atomic E-state index is 11.4. The zero-order valence-corrected chi connectivity index (χ0v) is 9.01. The number of carboxylic acids is 2. The molecular weight excluding hydrogens is 226 g/mol. The van der Waals surface area contributed by atoms with E-state index in [4.69, 9.17) is 10.2 Å². The summed E-state index contributed by atoms with van der Waals surface area (Å²) in [5, 5.41) is 19.7. The number of aliphatic carboxylic acids is 1. The highest BCUT2D eigenvalue weighted by Gasteiger charge is 2.20. The van der Waals surface area contributed by atoms with Gasteiger partial charge in [-0.1, -0.05) is 6.07 Å². The molecular formula is C11H11NO5. The Morgan fingerprint density at radius 3 is 2.41 bits per heavy atom. The molecule has 6 nitrogen and oxygen atoms in total. The van der Waals surface area contributed by atoms with Crippen LogP contribution >= 0.6 is 0 Å². The fourth-order valence-electron chi connectivity index (χ4n) is 1.09. The molecule has 1 unspecified atom stereocenters. The fourth-order valence-corrected chi connectivity index (χ4v) is 1.09. The minimum Gasteiger partial charge on any atom is -0.481 e. The monoisotopic (exact) mass is 237 g/mol. The van der Waals surface area contributed by atoms with Crippen LogP contribution in [0.3, 0.4) is 0 Å². The van der Waals surface area contributed by atoms with Crippen LogP contribution in [0.25, 0.3) is 0 Å². The fraction of sp³-hybridized carbons (Fsp3) is 0.182. The van der Waals surface area contributed by atoms with Gasteiger partial charge >= 0.3 is 11.9 Å². The number of hydrogen-bond acceptors (Lipinski definition) is 3. The lowest BCUT2D eigenvalue weighted by Gasteiger charge is -2.08. The van der Waals surface area contributed by atoms with Crippen LogP contribution in [0.1, 0.15) is 17.3 Å². The van der Waals surface area contributed by atoms with E-state index in [0.29, 0.717) is 0 Å². The summed E-state index contributed by atoms with van der Waals surface area (Å²) in [6.45, 7) is 1.25. The van der Waals surface area contributed by atoms with Crippen molar-refractivity contribution in [3.63, 3.8) is 0 Å². The first kappa shape index (κ1) is 12.7. The number of benzene rings is 1. The summed E-state index contributed by atoms with van der Waals surface area (Å²) in [6, 6.07) is 5.58. The van der Waals surface area contributed by atoms with Gasteiger partial charge in [0.1, 0.15) is 5.92 Å². The largest absolute Gasteiger partial charge is 0.481 e. The molecule has 0 aliphatic carbocycles. The minimum absolute atomic E-state index is 0.0192. The molecule has 0 aliphatic rings. The van der Waals surface area contributed by atoms with E-state index in [1.54, 1.807) is 0 Å². The lowest BCUT2D eigenvalue weighted by atomic mass is 10.1. The molecule has 1 aromatic rings. The first-order valence-electron chi connectivity index (χ1n) is 4.79. The summed E-state index contributed by atoms with van der Waals surface area (Å²) >= 11 is 0. The number of nitrogens with one attached hydrogen (secondary N) is 1. The Balaban J connectivity index is 2.82. The summed E-state index contributed by atoms with van der Waals surface area (Å²) in [6.07, 6.45) is 0. The highest BCUT2D eigenvalue weighted by Crippen LogP contribution is 2.12. The molecule has 90 valence electrons. The van der Waals surface area contributed by atoms with Crippen LogP contribution in [0.5, 0.6) is 0 Å². The molecule has 17 heavy (non-hydrogen) atoms. The van der Waals surface area contributed by atoms with Crippen molar-refractivity contribution in [3.05, 3.63) is 29.8 Å². The van der Waals surface area contributed by atoms with Gasteiger partial charge in [-0.2, -0.15) is 0 Å². The quantitative estimate of drug-likeness (QED) is 0.679. The number of hydrogen-bond donors (Lipinski definition) is 3. The highest BCUT2D eigenvalue weighted by molar-refractivity contribution is 6.04. The molecule has 0 radical (unpaired) electrons. The van der Waals surface area contributed by atoms with E-state index in [0.717, 1.165) is 0 Å². The lowest BCUT2D eigenvalue weighted by Crippen LogP contribution is -2.26. The molecule has 0 heterocycles. The van der Waals surface area contributed by atoms with Crippen molar-refractivity contribution in [3.8, 4) is 0 Å². The standard InChI is InChI=1S/C11H11NO5/c1-6(10(14)15)9(13)12-8-4-2-3-7(5-8)11(16)17/h2-6H,1H3,(H,12,13)(H,14,15)(H,16,17). The van der Waals surface area contributed by atoms with E-state index in [9.17, 15) is 14.4 Å². The van der Waals surface area contributed by atoms with Crippen molar-refractivity contribution >= 4 is 23.5 Å². The van der Waals surface area contributed by atoms with Crippen LogP contribution < -0.4 is 5.32 Å². The van der Waals surface area contributed by atoms with Gasteiger partial charge in [0.05, 0.1) is 5.56 Å². The predicted octanol–water partition coefficient (Wildman–Crippen LogP) is 1.04. The number of carbonyl (C=O) groups excluding carboxylic acids is 1. The second kappa shape index (κ2) is 5.11. The summed E-state index contributed by atoms with van der Waals surface area (Å²) in [4.78, 5) is 32.6. The van der Waals surface area contributed by atoms with Gasteiger partial charge in [-0.3, -0.25) is 9.59 Å². The van der Waals surface area contributed by atoms with Crippen molar-refractivity contribution in [1.82, 2.24) is 0 Å². The molecule has 1 rings (SSSR count). The van der Waals surface area contributed by atoms with Gasteiger partial charge in [-0.25, -0.2) is 4.79 Å². The van der Waals surface area contributed by atoms with Crippen LogP contribution in [0, 0.1) is 5.92 Å². The van der Waals surface area contributed by atoms with Crippen molar-refractivity contribution in [2.75, 3.05) is 5.32 Å². The molecule has 0 aromatic heterocycles. The maximum atomic E-state index is 11.4. The zero-order chi connectivity index (χ0) is 13.0. The third-order valence-electron chi connectivity index (χ3n) is 2.14. The molecule has 0 saturated heterocycles. The van der Waals surface area contributed by atoms with Gasteiger partial charge in [0.2, 0.25) is 5.91 Å². The molecule has 3 N–H and O–H groups in total. The predicted molar refractivity (Wildman–Crippen MR) is 58.8 cm³/mol. The first-order valence-corrected chi connectivity index (χ1v) is 4.79. The highest BCUT2D eigenvalue weighted by atomic mass is 16.4. The van der Waals surface area contributed by atoms with Crippen molar-refractivity contribution in [1.29, 1.82) is 0 Å². The summed E-state index contributed by atoms with van der Waals surface area (Å²) in [7, 11) is 0.